The SMILES string of the molecule is CCN(CC)c1ccc(N=O)c(Cl)c1. The van der Waals surface area contributed by atoms with E-state index in [0.717, 1.165) is 18.8 Å². The van der Waals surface area contributed by atoms with Crippen molar-refractivity contribution in [3.8, 4) is 0 Å². The summed E-state index contributed by atoms with van der Waals surface area (Å²) in [5.74, 6) is 0. The van der Waals surface area contributed by atoms with Crippen LogP contribution < -0.4 is 4.90 Å². The monoisotopic (exact) mass is 212 g/mol. The van der Waals surface area contributed by atoms with E-state index in [0.29, 0.717) is 10.7 Å². The van der Waals surface area contributed by atoms with Crippen molar-refractivity contribution in [2.45, 2.75) is 13.8 Å². The average Bonchev–Trinajstić information content (AvgIpc) is 2.20. The van der Waals surface area contributed by atoms with Crippen LogP contribution >= 0.6 is 11.6 Å². The van der Waals surface area contributed by atoms with Gasteiger partial charge in [-0.25, -0.2) is 0 Å². The van der Waals surface area contributed by atoms with Crippen LogP contribution in [0.1, 0.15) is 13.8 Å². The first-order chi connectivity index (χ1) is 6.72. The predicted octanol–water partition coefficient (Wildman–Crippen LogP) is 3.58. The lowest BCUT2D eigenvalue weighted by atomic mass is 10.2. The highest BCUT2D eigenvalue weighted by molar-refractivity contribution is 6.33. The lowest BCUT2D eigenvalue weighted by Crippen LogP contribution is -2.21. The van der Waals surface area contributed by atoms with Crippen LogP contribution in [-0.4, -0.2) is 13.1 Å². The molecular formula is C10H13ClN2O. The summed E-state index contributed by atoms with van der Waals surface area (Å²) in [6.45, 7) is 5.98. The molecule has 0 atom stereocenters. The quantitative estimate of drug-likeness (QED) is 0.715. The van der Waals surface area contributed by atoms with Crippen molar-refractivity contribution >= 4 is 23.0 Å². The van der Waals surface area contributed by atoms with Gasteiger partial charge in [0.1, 0.15) is 5.69 Å². The van der Waals surface area contributed by atoms with Crippen molar-refractivity contribution in [1.82, 2.24) is 0 Å². The summed E-state index contributed by atoms with van der Waals surface area (Å²) in [6.07, 6.45) is 0. The number of hydrogen-bond acceptors (Lipinski definition) is 3. The normalized spacial score (nSPS) is 9.93. The molecule has 0 bridgehead atoms. The number of anilines is 1. The number of nitrogens with zero attached hydrogens (tertiary/aromatic N) is 2. The van der Waals surface area contributed by atoms with Gasteiger partial charge in [0.25, 0.3) is 0 Å². The standard InChI is InChI=1S/C10H13ClN2O/c1-3-13(4-2)8-5-6-10(12-14)9(11)7-8/h5-7H,3-4H2,1-2H3. The van der Waals surface area contributed by atoms with E-state index in [1.807, 2.05) is 6.07 Å². The summed E-state index contributed by atoms with van der Waals surface area (Å²) in [5.41, 5.74) is 1.31. The van der Waals surface area contributed by atoms with Gasteiger partial charge >= 0.3 is 0 Å². The van der Waals surface area contributed by atoms with E-state index in [9.17, 15) is 4.91 Å². The molecule has 0 fully saturated rings. The minimum absolute atomic E-state index is 0.294. The van der Waals surface area contributed by atoms with Crippen molar-refractivity contribution < 1.29 is 0 Å². The predicted molar refractivity (Wildman–Crippen MR) is 60.5 cm³/mol. The summed E-state index contributed by atoms with van der Waals surface area (Å²) in [7, 11) is 0. The lowest BCUT2D eigenvalue weighted by molar-refractivity contribution is 0.866. The molecule has 14 heavy (non-hydrogen) atoms. The van der Waals surface area contributed by atoms with E-state index in [2.05, 4.69) is 23.9 Å². The first-order valence-corrected chi connectivity index (χ1v) is 4.98. The van der Waals surface area contributed by atoms with Gasteiger partial charge in [-0.15, -0.1) is 4.91 Å². The first kappa shape index (κ1) is 11.0. The molecule has 0 aromatic heterocycles. The zero-order valence-electron chi connectivity index (χ0n) is 8.33. The molecule has 1 rings (SSSR count). The van der Waals surface area contributed by atoms with Crippen molar-refractivity contribution in [3.63, 3.8) is 0 Å². The Bertz CT molecular complexity index is 324. The number of benzene rings is 1. The molecule has 0 radical (unpaired) electrons. The Morgan fingerprint density at radius 2 is 2.00 bits per heavy atom. The van der Waals surface area contributed by atoms with Gasteiger partial charge in [-0.2, -0.15) is 0 Å². The molecule has 0 saturated carbocycles. The fourth-order valence-electron chi connectivity index (χ4n) is 1.36. The Morgan fingerprint density at radius 1 is 1.36 bits per heavy atom. The Morgan fingerprint density at radius 3 is 2.43 bits per heavy atom. The molecule has 0 aliphatic carbocycles. The second-order valence-electron chi connectivity index (χ2n) is 2.90. The maximum atomic E-state index is 10.3. The molecule has 0 aliphatic heterocycles. The van der Waals surface area contributed by atoms with E-state index in [4.69, 9.17) is 11.6 Å². The molecule has 1 aromatic rings. The summed E-state index contributed by atoms with van der Waals surface area (Å²) < 4.78 is 0. The summed E-state index contributed by atoms with van der Waals surface area (Å²) in [6, 6.07) is 5.27. The zero-order valence-corrected chi connectivity index (χ0v) is 9.08. The maximum Gasteiger partial charge on any atom is 0.126 e. The fourth-order valence-corrected chi connectivity index (χ4v) is 1.56. The highest BCUT2D eigenvalue weighted by Crippen LogP contribution is 2.29. The van der Waals surface area contributed by atoms with Gasteiger partial charge in [0.15, 0.2) is 0 Å². The molecule has 0 heterocycles. The molecule has 1 aromatic carbocycles. The highest BCUT2D eigenvalue weighted by Gasteiger charge is 2.05. The van der Waals surface area contributed by atoms with Crippen LogP contribution in [0.4, 0.5) is 11.4 Å². The number of rotatable bonds is 4. The van der Waals surface area contributed by atoms with Gasteiger partial charge in [0.2, 0.25) is 0 Å². The Hall–Kier alpha value is -1.09. The Balaban J connectivity index is 3.00. The maximum absolute atomic E-state index is 10.3. The van der Waals surface area contributed by atoms with Crippen LogP contribution in [0.5, 0.6) is 0 Å². The van der Waals surface area contributed by atoms with E-state index in [-0.39, 0.29) is 0 Å². The second kappa shape index (κ2) is 4.96. The van der Waals surface area contributed by atoms with Gasteiger partial charge in [0.05, 0.1) is 5.02 Å². The zero-order chi connectivity index (χ0) is 10.6. The van der Waals surface area contributed by atoms with Crippen molar-refractivity contribution in [1.29, 1.82) is 0 Å². The topological polar surface area (TPSA) is 32.7 Å². The lowest BCUT2D eigenvalue weighted by Gasteiger charge is -2.21. The number of hydrogen-bond donors (Lipinski definition) is 0. The summed E-state index contributed by atoms with van der Waals surface area (Å²) >= 11 is 5.87. The van der Waals surface area contributed by atoms with Gasteiger partial charge in [-0.1, -0.05) is 11.6 Å². The van der Waals surface area contributed by atoms with Crippen LogP contribution in [0.15, 0.2) is 23.4 Å². The van der Waals surface area contributed by atoms with Crippen molar-refractivity contribution in [2.24, 2.45) is 5.18 Å². The molecule has 3 nitrogen and oxygen atoms in total. The molecule has 76 valence electrons. The average molecular weight is 213 g/mol. The van der Waals surface area contributed by atoms with Gasteiger partial charge in [0, 0.05) is 18.8 Å². The van der Waals surface area contributed by atoms with Crippen molar-refractivity contribution in [2.75, 3.05) is 18.0 Å². The molecule has 0 spiro atoms. The largest absolute Gasteiger partial charge is 0.372 e. The summed E-state index contributed by atoms with van der Waals surface area (Å²) in [5, 5.41) is 3.23. The molecule has 0 aliphatic rings. The van der Waals surface area contributed by atoms with E-state index in [1.54, 1.807) is 12.1 Å². The van der Waals surface area contributed by atoms with Gasteiger partial charge in [-0.3, -0.25) is 0 Å². The first-order valence-electron chi connectivity index (χ1n) is 4.60. The second-order valence-corrected chi connectivity index (χ2v) is 3.31. The molecule has 0 N–H and O–H groups in total. The third-order valence-corrected chi connectivity index (χ3v) is 2.46. The number of halogens is 1. The van der Waals surface area contributed by atoms with Crippen molar-refractivity contribution in [3.05, 3.63) is 28.1 Å². The molecule has 0 saturated heterocycles. The van der Waals surface area contributed by atoms with Crippen LogP contribution in [0, 0.1) is 4.91 Å². The molecular weight excluding hydrogens is 200 g/mol. The smallest absolute Gasteiger partial charge is 0.126 e. The third kappa shape index (κ3) is 2.23. The van der Waals surface area contributed by atoms with E-state index in [1.165, 1.54) is 0 Å². The van der Waals surface area contributed by atoms with Gasteiger partial charge < -0.3 is 4.90 Å². The Kier molecular flexibility index (Phi) is 3.89. The van der Waals surface area contributed by atoms with E-state index >= 15 is 0 Å². The van der Waals surface area contributed by atoms with E-state index < -0.39 is 0 Å². The minimum Gasteiger partial charge on any atom is -0.372 e. The molecule has 0 amide bonds. The van der Waals surface area contributed by atoms with Crippen LogP contribution in [0.25, 0.3) is 0 Å². The molecule has 4 heteroatoms. The highest BCUT2D eigenvalue weighted by atomic mass is 35.5. The third-order valence-electron chi connectivity index (χ3n) is 2.16. The Labute approximate surface area is 88.6 Å². The van der Waals surface area contributed by atoms with Gasteiger partial charge in [-0.05, 0) is 37.2 Å². The fraction of sp³-hybridized carbons (Fsp3) is 0.400. The van der Waals surface area contributed by atoms with Crippen LogP contribution in [-0.2, 0) is 0 Å². The minimum atomic E-state index is 0.294. The van der Waals surface area contributed by atoms with Crippen LogP contribution in [0.2, 0.25) is 5.02 Å². The number of nitroso groups, excluding NO2 is 1. The molecule has 0 unspecified atom stereocenters. The summed E-state index contributed by atoms with van der Waals surface area (Å²) in [4.78, 5) is 12.5. The van der Waals surface area contributed by atoms with Crippen LogP contribution in [0.3, 0.4) is 0 Å².